The molecular weight excluding hydrogens is 174 g/mol. The van der Waals surface area contributed by atoms with Gasteiger partial charge >= 0.3 is 0 Å². The van der Waals surface area contributed by atoms with Gasteiger partial charge < -0.3 is 10.2 Å². The van der Waals surface area contributed by atoms with E-state index in [9.17, 15) is 0 Å². The molecule has 2 rings (SSSR count). The van der Waals surface area contributed by atoms with Crippen LogP contribution in [0.15, 0.2) is 4.99 Å². The first-order chi connectivity index (χ1) is 6.77. The normalized spacial score (nSPS) is 32.3. The van der Waals surface area contributed by atoms with Crippen molar-refractivity contribution in [2.24, 2.45) is 10.9 Å². The van der Waals surface area contributed by atoms with Gasteiger partial charge in [0.05, 0.1) is 6.54 Å². The molecule has 0 amide bonds. The molecule has 2 unspecified atom stereocenters. The average molecular weight is 195 g/mol. The van der Waals surface area contributed by atoms with Gasteiger partial charge in [-0.25, -0.2) is 0 Å². The maximum absolute atomic E-state index is 4.47. The molecule has 2 atom stereocenters. The number of hydrogen-bond acceptors (Lipinski definition) is 3. The Balaban J connectivity index is 1.92. The zero-order valence-corrected chi connectivity index (χ0v) is 9.29. The molecule has 1 heterocycles. The molecule has 0 aromatic rings. The molecule has 1 N–H and O–H groups in total. The summed E-state index contributed by atoms with van der Waals surface area (Å²) in [7, 11) is 2.18. The summed E-state index contributed by atoms with van der Waals surface area (Å²) in [6.45, 7) is 4.33. The third-order valence-corrected chi connectivity index (χ3v) is 3.45. The van der Waals surface area contributed by atoms with Crippen LogP contribution in [0.1, 0.15) is 32.6 Å². The van der Waals surface area contributed by atoms with Crippen molar-refractivity contribution in [1.82, 2.24) is 10.2 Å². The summed E-state index contributed by atoms with van der Waals surface area (Å²) >= 11 is 0. The van der Waals surface area contributed by atoms with Crippen LogP contribution in [0.25, 0.3) is 0 Å². The lowest BCUT2D eigenvalue weighted by molar-refractivity contribution is 0.228. The molecule has 80 valence electrons. The number of hydrogen-bond donors (Lipinski definition) is 1. The lowest BCUT2D eigenvalue weighted by atomic mass is 9.86. The Bertz CT molecular complexity index is 225. The minimum atomic E-state index is 0.711. The second kappa shape index (κ2) is 4.20. The zero-order chi connectivity index (χ0) is 9.97. The van der Waals surface area contributed by atoms with Crippen molar-refractivity contribution in [3.63, 3.8) is 0 Å². The van der Waals surface area contributed by atoms with E-state index in [2.05, 4.69) is 29.2 Å². The summed E-state index contributed by atoms with van der Waals surface area (Å²) in [5.41, 5.74) is 0. The number of rotatable bonds is 1. The van der Waals surface area contributed by atoms with Gasteiger partial charge in [0, 0.05) is 19.6 Å². The van der Waals surface area contributed by atoms with Gasteiger partial charge in [-0.2, -0.15) is 0 Å². The van der Waals surface area contributed by atoms with Gasteiger partial charge in [-0.05, 0) is 18.8 Å². The summed E-state index contributed by atoms with van der Waals surface area (Å²) < 4.78 is 0. The molecule has 0 saturated heterocycles. The third-order valence-electron chi connectivity index (χ3n) is 3.45. The van der Waals surface area contributed by atoms with E-state index in [4.69, 9.17) is 0 Å². The second-order valence-electron chi connectivity index (χ2n) is 4.67. The molecule has 1 fully saturated rings. The van der Waals surface area contributed by atoms with Crippen LogP contribution in [0.3, 0.4) is 0 Å². The average Bonchev–Trinajstić information content (AvgIpc) is 2.69. The van der Waals surface area contributed by atoms with Crippen molar-refractivity contribution >= 4 is 5.96 Å². The molecule has 14 heavy (non-hydrogen) atoms. The van der Waals surface area contributed by atoms with Gasteiger partial charge in [0.15, 0.2) is 5.96 Å². The smallest absolute Gasteiger partial charge is 0.194 e. The van der Waals surface area contributed by atoms with Gasteiger partial charge in [0.2, 0.25) is 0 Å². The van der Waals surface area contributed by atoms with E-state index in [1.54, 1.807) is 0 Å². The van der Waals surface area contributed by atoms with E-state index in [1.165, 1.54) is 25.7 Å². The Morgan fingerprint density at radius 2 is 2.29 bits per heavy atom. The summed E-state index contributed by atoms with van der Waals surface area (Å²) in [4.78, 5) is 6.82. The fraction of sp³-hybridized carbons (Fsp3) is 0.909. The summed E-state index contributed by atoms with van der Waals surface area (Å²) in [6.07, 6.45) is 5.45. The van der Waals surface area contributed by atoms with Crippen LogP contribution < -0.4 is 5.32 Å². The van der Waals surface area contributed by atoms with E-state index in [1.807, 2.05) is 0 Å². The van der Waals surface area contributed by atoms with Gasteiger partial charge in [-0.1, -0.05) is 19.8 Å². The molecule has 0 spiro atoms. The fourth-order valence-electron chi connectivity index (χ4n) is 2.55. The molecular formula is C11H21N3. The monoisotopic (exact) mass is 195 g/mol. The van der Waals surface area contributed by atoms with Crippen molar-refractivity contribution in [3.8, 4) is 0 Å². The van der Waals surface area contributed by atoms with Gasteiger partial charge in [-0.15, -0.1) is 0 Å². The summed E-state index contributed by atoms with van der Waals surface area (Å²) in [6, 6.07) is 0.711. The first-order valence-electron chi connectivity index (χ1n) is 5.78. The van der Waals surface area contributed by atoms with Crippen LogP contribution in [0, 0.1) is 5.92 Å². The number of aliphatic imine (C=N–C) groups is 1. The van der Waals surface area contributed by atoms with Crippen molar-refractivity contribution in [2.75, 3.05) is 20.1 Å². The SMILES string of the molecule is CC1CCCC(N(C)C2=NCCN2)C1. The third kappa shape index (κ3) is 2.02. The van der Waals surface area contributed by atoms with E-state index in [0.29, 0.717) is 6.04 Å². The first-order valence-corrected chi connectivity index (χ1v) is 5.78. The Kier molecular flexibility index (Phi) is 2.94. The second-order valence-corrected chi connectivity index (χ2v) is 4.67. The summed E-state index contributed by atoms with van der Waals surface area (Å²) in [5, 5.41) is 3.34. The molecule has 1 aliphatic heterocycles. The maximum Gasteiger partial charge on any atom is 0.194 e. The Labute approximate surface area is 86.6 Å². The van der Waals surface area contributed by atoms with E-state index in [-0.39, 0.29) is 0 Å². The molecule has 1 saturated carbocycles. The fourth-order valence-corrected chi connectivity index (χ4v) is 2.55. The van der Waals surface area contributed by atoms with Crippen LogP contribution in [0.4, 0.5) is 0 Å². The number of guanidine groups is 1. The molecule has 0 aromatic carbocycles. The van der Waals surface area contributed by atoms with Gasteiger partial charge in [0.1, 0.15) is 0 Å². The van der Waals surface area contributed by atoms with E-state index < -0.39 is 0 Å². The maximum atomic E-state index is 4.47. The molecule has 1 aliphatic carbocycles. The molecule has 3 nitrogen and oxygen atoms in total. The van der Waals surface area contributed by atoms with Crippen LogP contribution in [0.5, 0.6) is 0 Å². The van der Waals surface area contributed by atoms with Crippen molar-refractivity contribution in [2.45, 2.75) is 38.6 Å². The molecule has 0 bridgehead atoms. The van der Waals surface area contributed by atoms with E-state index >= 15 is 0 Å². The quantitative estimate of drug-likeness (QED) is 0.686. The van der Waals surface area contributed by atoms with Crippen LogP contribution in [-0.2, 0) is 0 Å². The molecule has 0 aromatic heterocycles. The number of nitrogens with zero attached hydrogens (tertiary/aromatic N) is 2. The van der Waals surface area contributed by atoms with E-state index in [0.717, 1.165) is 25.0 Å². The van der Waals surface area contributed by atoms with Crippen molar-refractivity contribution in [3.05, 3.63) is 0 Å². The predicted molar refractivity (Wildman–Crippen MR) is 59.5 cm³/mol. The molecule has 3 heteroatoms. The lowest BCUT2D eigenvalue weighted by Gasteiger charge is -2.35. The Morgan fingerprint density at radius 3 is 2.93 bits per heavy atom. The lowest BCUT2D eigenvalue weighted by Crippen LogP contribution is -2.44. The first kappa shape index (κ1) is 9.81. The predicted octanol–water partition coefficient (Wildman–Crippen LogP) is 1.46. The van der Waals surface area contributed by atoms with Crippen LogP contribution in [-0.4, -0.2) is 37.0 Å². The number of nitrogens with one attached hydrogen (secondary N) is 1. The highest BCUT2D eigenvalue weighted by Gasteiger charge is 2.25. The highest BCUT2D eigenvalue weighted by Crippen LogP contribution is 2.26. The minimum Gasteiger partial charge on any atom is -0.354 e. The largest absolute Gasteiger partial charge is 0.354 e. The Morgan fingerprint density at radius 1 is 1.43 bits per heavy atom. The van der Waals surface area contributed by atoms with Gasteiger partial charge in [0.25, 0.3) is 0 Å². The molecule has 2 aliphatic rings. The highest BCUT2D eigenvalue weighted by molar-refractivity contribution is 5.81. The summed E-state index contributed by atoms with van der Waals surface area (Å²) in [5.74, 6) is 2.00. The minimum absolute atomic E-state index is 0.711. The Hall–Kier alpha value is -0.730. The van der Waals surface area contributed by atoms with Crippen molar-refractivity contribution < 1.29 is 0 Å². The van der Waals surface area contributed by atoms with Crippen LogP contribution in [0.2, 0.25) is 0 Å². The topological polar surface area (TPSA) is 27.6 Å². The van der Waals surface area contributed by atoms with Gasteiger partial charge in [-0.3, -0.25) is 4.99 Å². The zero-order valence-electron chi connectivity index (χ0n) is 9.29. The standard InChI is InChI=1S/C11H21N3/c1-9-4-3-5-10(8-9)14(2)11-12-6-7-13-11/h9-10H,3-8H2,1-2H3,(H,12,13). The van der Waals surface area contributed by atoms with Crippen LogP contribution >= 0.6 is 0 Å². The molecule has 0 radical (unpaired) electrons. The highest BCUT2D eigenvalue weighted by atomic mass is 15.3. The van der Waals surface area contributed by atoms with Crippen molar-refractivity contribution in [1.29, 1.82) is 0 Å².